The number of nitrogens with one attached hydrogen (secondary N) is 1. The van der Waals surface area contributed by atoms with Crippen LogP contribution in [0.1, 0.15) is 25.0 Å². The van der Waals surface area contributed by atoms with Crippen LogP contribution in [0.2, 0.25) is 0 Å². The van der Waals surface area contributed by atoms with Crippen molar-refractivity contribution < 1.29 is 4.74 Å². The third-order valence-corrected chi connectivity index (χ3v) is 2.67. The van der Waals surface area contributed by atoms with Gasteiger partial charge in [0.05, 0.1) is 5.69 Å². The molecule has 1 aromatic rings. The second-order valence-electron chi connectivity index (χ2n) is 3.90. The number of hydrogen-bond acceptors (Lipinski definition) is 4. The average Bonchev–Trinajstić information content (AvgIpc) is 2.29. The quantitative estimate of drug-likeness (QED) is 0.811. The molecular weight excluding hydrogens is 190 g/mol. The predicted molar refractivity (Wildman–Crippen MR) is 57.9 cm³/mol. The van der Waals surface area contributed by atoms with Crippen molar-refractivity contribution in [3.63, 3.8) is 0 Å². The van der Waals surface area contributed by atoms with E-state index in [2.05, 4.69) is 15.3 Å². The molecule has 2 heterocycles. The van der Waals surface area contributed by atoms with Crippen molar-refractivity contribution in [2.24, 2.45) is 0 Å². The van der Waals surface area contributed by atoms with Gasteiger partial charge in [0.25, 0.3) is 0 Å². The van der Waals surface area contributed by atoms with Gasteiger partial charge in [-0.25, -0.2) is 4.98 Å². The molecule has 1 saturated heterocycles. The zero-order chi connectivity index (χ0) is 10.5. The highest BCUT2D eigenvalue weighted by Gasteiger charge is 2.13. The number of aryl methyl sites for hydroxylation is 1. The van der Waals surface area contributed by atoms with Crippen LogP contribution in [0.25, 0.3) is 0 Å². The van der Waals surface area contributed by atoms with Gasteiger partial charge >= 0.3 is 0 Å². The lowest BCUT2D eigenvalue weighted by Gasteiger charge is -2.23. The molecule has 0 bridgehead atoms. The third kappa shape index (κ3) is 2.89. The van der Waals surface area contributed by atoms with E-state index in [0.29, 0.717) is 18.5 Å². The zero-order valence-electron chi connectivity index (χ0n) is 9.07. The number of nitrogens with zero attached hydrogens (tertiary/aromatic N) is 2. The van der Waals surface area contributed by atoms with Gasteiger partial charge in [0.15, 0.2) is 0 Å². The van der Waals surface area contributed by atoms with E-state index in [4.69, 9.17) is 4.74 Å². The number of aromatic nitrogens is 2. The van der Waals surface area contributed by atoms with Gasteiger partial charge in [-0.2, -0.15) is 0 Å². The lowest BCUT2D eigenvalue weighted by molar-refractivity contribution is 0.230. The molecule has 1 aliphatic rings. The number of rotatable bonds is 3. The SMILES string of the molecule is Cc1nccnc1OC[C@H]1CCCCN1. The van der Waals surface area contributed by atoms with Crippen molar-refractivity contribution >= 4 is 0 Å². The first-order chi connectivity index (χ1) is 7.36. The molecule has 0 amide bonds. The minimum Gasteiger partial charge on any atom is -0.475 e. The van der Waals surface area contributed by atoms with Gasteiger partial charge in [0.2, 0.25) is 5.88 Å². The predicted octanol–water partition coefficient (Wildman–Crippen LogP) is 1.31. The lowest BCUT2D eigenvalue weighted by Crippen LogP contribution is -2.38. The molecule has 0 saturated carbocycles. The van der Waals surface area contributed by atoms with Crippen molar-refractivity contribution in [2.75, 3.05) is 13.2 Å². The Kier molecular flexibility index (Phi) is 3.50. The van der Waals surface area contributed by atoms with E-state index in [1.807, 2.05) is 6.92 Å². The summed E-state index contributed by atoms with van der Waals surface area (Å²) >= 11 is 0. The smallest absolute Gasteiger partial charge is 0.235 e. The fourth-order valence-electron chi connectivity index (χ4n) is 1.78. The molecule has 15 heavy (non-hydrogen) atoms. The molecule has 0 aromatic carbocycles. The Balaban J connectivity index is 1.84. The molecule has 2 rings (SSSR count). The van der Waals surface area contributed by atoms with Crippen molar-refractivity contribution in [1.29, 1.82) is 0 Å². The first-order valence-electron chi connectivity index (χ1n) is 5.50. The zero-order valence-corrected chi connectivity index (χ0v) is 9.07. The molecule has 4 heteroatoms. The number of ether oxygens (including phenoxy) is 1. The number of hydrogen-bond donors (Lipinski definition) is 1. The summed E-state index contributed by atoms with van der Waals surface area (Å²) in [5, 5.41) is 3.44. The molecule has 0 radical (unpaired) electrons. The highest BCUT2D eigenvalue weighted by atomic mass is 16.5. The Labute approximate surface area is 90.1 Å². The third-order valence-electron chi connectivity index (χ3n) is 2.67. The fourth-order valence-corrected chi connectivity index (χ4v) is 1.78. The summed E-state index contributed by atoms with van der Waals surface area (Å²) in [4.78, 5) is 8.29. The number of piperidine rings is 1. The van der Waals surface area contributed by atoms with E-state index in [9.17, 15) is 0 Å². The summed E-state index contributed by atoms with van der Waals surface area (Å²) in [6.45, 7) is 3.71. The molecule has 1 aromatic heterocycles. The van der Waals surface area contributed by atoms with Crippen LogP contribution < -0.4 is 10.1 Å². The summed E-state index contributed by atoms with van der Waals surface area (Å²) in [6.07, 6.45) is 7.11. The van der Waals surface area contributed by atoms with Gasteiger partial charge in [-0.05, 0) is 26.3 Å². The Morgan fingerprint density at radius 1 is 1.40 bits per heavy atom. The van der Waals surface area contributed by atoms with Crippen LogP contribution in [0.5, 0.6) is 5.88 Å². The van der Waals surface area contributed by atoms with Crippen LogP contribution in [0, 0.1) is 6.92 Å². The van der Waals surface area contributed by atoms with Crippen LogP contribution in [0.4, 0.5) is 0 Å². The minimum atomic E-state index is 0.472. The molecule has 4 nitrogen and oxygen atoms in total. The van der Waals surface area contributed by atoms with Gasteiger partial charge in [-0.1, -0.05) is 6.42 Å². The molecule has 0 unspecified atom stereocenters. The summed E-state index contributed by atoms with van der Waals surface area (Å²) in [5.74, 6) is 0.657. The van der Waals surface area contributed by atoms with Crippen molar-refractivity contribution in [2.45, 2.75) is 32.2 Å². The first-order valence-corrected chi connectivity index (χ1v) is 5.50. The van der Waals surface area contributed by atoms with Gasteiger partial charge in [0, 0.05) is 18.4 Å². The van der Waals surface area contributed by atoms with E-state index < -0.39 is 0 Å². The second kappa shape index (κ2) is 5.07. The van der Waals surface area contributed by atoms with E-state index >= 15 is 0 Å². The van der Waals surface area contributed by atoms with Gasteiger partial charge in [-0.15, -0.1) is 0 Å². The van der Waals surface area contributed by atoms with Crippen LogP contribution in [0.3, 0.4) is 0 Å². The molecular formula is C11H17N3O. The molecule has 0 spiro atoms. The van der Waals surface area contributed by atoms with Crippen LogP contribution in [0.15, 0.2) is 12.4 Å². The second-order valence-corrected chi connectivity index (χ2v) is 3.90. The van der Waals surface area contributed by atoms with Crippen molar-refractivity contribution in [1.82, 2.24) is 15.3 Å². The molecule has 1 aliphatic heterocycles. The van der Waals surface area contributed by atoms with Gasteiger partial charge < -0.3 is 10.1 Å². The van der Waals surface area contributed by atoms with E-state index in [1.54, 1.807) is 12.4 Å². The maximum absolute atomic E-state index is 5.64. The van der Waals surface area contributed by atoms with E-state index in [1.165, 1.54) is 19.3 Å². The maximum Gasteiger partial charge on any atom is 0.235 e. The van der Waals surface area contributed by atoms with Gasteiger partial charge in [0.1, 0.15) is 6.61 Å². The van der Waals surface area contributed by atoms with Gasteiger partial charge in [-0.3, -0.25) is 4.98 Å². The Morgan fingerprint density at radius 3 is 3.00 bits per heavy atom. The van der Waals surface area contributed by atoms with Crippen LogP contribution >= 0.6 is 0 Å². The van der Waals surface area contributed by atoms with Crippen molar-refractivity contribution in [3.05, 3.63) is 18.1 Å². The molecule has 1 fully saturated rings. The largest absolute Gasteiger partial charge is 0.475 e. The Bertz CT molecular complexity index is 310. The summed E-state index contributed by atoms with van der Waals surface area (Å²) in [6, 6.07) is 0.472. The highest BCUT2D eigenvalue weighted by Crippen LogP contribution is 2.12. The minimum absolute atomic E-state index is 0.472. The summed E-state index contributed by atoms with van der Waals surface area (Å²) < 4.78 is 5.64. The Morgan fingerprint density at radius 2 is 2.27 bits per heavy atom. The van der Waals surface area contributed by atoms with Crippen molar-refractivity contribution in [3.8, 4) is 5.88 Å². The van der Waals surface area contributed by atoms with E-state index in [-0.39, 0.29) is 0 Å². The summed E-state index contributed by atoms with van der Waals surface area (Å²) in [5.41, 5.74) is 0.855. The molecule has 82 valence electrons. The monoisotopic (exact) mass is 207 g/mol. The Hall–Kier alpha value is -1.16. The average molecular weight is 207 g/mol. The van der Waals surface area contributed by atoms with E-state index in [0.717, 1.165) is 12.2 Å². The molecule has 1 N–H and O–H groups in total. The summed E-state index contributed by atoms with van der Waals surface area (Å²) in [7, 11) is 0. The standard InChI is InChI=1S/C11H17N3O/c1-9-11(14-7-6-12-9)15-8-10-4-2-3-5-13-10/h6-7,10,13H,2-5,8H2,1H3/t10-/m1/s1. The molecule has 0 aliphatic carbocycles. The van der Waals surface area contributed by atoms with Crippen LogP contribution in [-0.4, -0.2) is 29.2 Å². The lowest BCUT2D eigenvalue weighted by atomic mass is 10.1. The first kappa shape index (κ1) is 10.4. The van der Waals surface area contributed by atoms with Crippen LogP contribution in [-0.2, 0) is 0 Å². The fraction of sp³-hybridized carbons (Fsp3) is 0.636. The highest BCUT2D eigenvalue weighted by molar-refractivity contribution is 5.14. The maximum atomic E-state index is 5.64. The normalized spacial score (nSPS) is 21.3. The topological polar surface area (TPSA) is 47.0 Å². The molecule has 1 atom stereocenters.